The monoisotopic (exact) mass is 279 g/mol. The first-order valence-electron chi connectivity index (χ1n) is 6.22. The first kappa shape index (κ1) is 14.0. The first-order valence-corrected chi connectivity index (χ1v) is 7.83. The first-order chi connectivity index (χ1) is 9.03. The number of hydrogen-bond acceptors (Lipinski definition) is 4. The van der Waals surface area contributed by atoms with Crippen LogP contribution in [0.15, 0.2) is 24.3 Å². The Morgan fingerprint density at radius 1 is 1.47 bits per heavy atom. The molecule has 102 valence electrons. The summed E-state index contributed by atoms with van der Waals surface area (Å²) in [5.41, 5.74) is 0.991. The number of benzene rings is 1. The summed E-state index contributed by atoms with van der Waals surface area (Å²) in [7, 11) is -3.36. The van der Waals surface area contributed by atoms with Gasteiger partial charge in [-0.05, 0) is 18.6 Å². The lowest BCUT2D eigenvalue weighted by atomic mass is 10.1. The molecule has 0 bridgehead atoms. The van der Waals surface area contributed by atoms with E-state index < -0.39 is 10.0 Å². The molecule has 1 aromatic carbocycles. The van der Waals surface area contributed by atoms with Crippen molar-refractivity contribution in [1.29, 1.82) is 5.26 Å². The van der Waals surface area contributed by atoms with Crippen LogP contribution in [0.4, 0.5) is 0 Å². The van der Waals surface area contributed by atoms with Gasteiger partial charge in [0.15, 0.2) is 0 Å². The summed E-state index contributed by atoms with van der Waals surface area (Å²) >= 11 is 0. The number of nitriles is 1. The smallest absolute Gasteiger partial charge is 0.218 e. The van der Waals surface area contributed by atoms with E-state index in [4.69, 9.17) is 5.26 Å². The van der Waals surface area contributed by atoms with Crippen LogP contribution < -0.4 is 5.32 Å². The molecule has 1 unspecified atom stereocenters. The van der Waals surface area contributed by atoms with Gasteiger partial charge in [-0.1, -0.05) is 18.2 Å². The molecule has 0 radical (unpaired) electrons. The summed E-state index contributed by atoms with van der Waals surface area (Å²) in [6, 6.07) is 9.03. The summed E-state index contributed by atoms with van der Waals surface area (Å²) in [4.78, 5) is 0. The third kappa shape index (κ3) is 3.32. The zero-order valence-corrected chi connectivity index (χ0v) is 11.7. The number of hydrogen-bond donors (Lipinski definition) is 1. The fraction of sp³-hybridized carbons (Fsp3) is 0.462. The molecule has 1 atom stereocenters. The summed E-state index contributed by atoms with van der Waals surface area (Å²) in [6.07, 6.45) is 0. The topological polar surface area (TPSA) is 73.2 Å². The molecule has 1 N–H and O–H groups in total. The quantitative estimate of drug-likeness (QED) is 0.883. The average Bonchev–Trinajstić information content (AvgIpc) is 2.39. The Labute approximate surface area is 113 Å². The Hall–Kier alpha value is -1.42. The fourth-order valence-electron chi connectivity index (χ4n) is 2.19. The summed E-state index contributed by atoms with van der Waals surface area (Å²) in [5.74, 6) is -0.108. The normalized spacial score (nSPS) is 20.9. The lowest BCUT2D eigenvalue weighted by Crippen LogP contribution is -2.51. The second-order valence-electron chi connectivity index (χ2n) is 4.74. The highest BCUT2D eigenvalue weighted by Crippen LogP contribution is 2.16. The molecule has 6 heteroatoms. The maximum absolute atomic E-state index is 12.4. The van der Waals surface area contributed by atoms with Gasteiger partial charge in [-0.15, -0.1) is 0 Å². The van der Waals surface area contributed by atoms with Crippen LogP contribution in [0.5, 0.6) is 0 Å². The van der Waals surface area contributed by atoms with Crippen LogP contribution >= 0.6 is 0 Å². The van der Waals surface area contributed by atoms with Crippen LogP contribution in [-0.2, 0) is 15.8 Å². The molecule has 1 aliphatic rings. The Kier molecular flexibility index (Phi) is 4.20. The number of sulfonamides is 1. The molecular formula is C13H17N3O2S. The summed E-state index contributed by atoms with van der Waals surface area (Å²) in [5, 5.41) is 12.2. The summed E-state index contributed by atoms with van der Waals surface area (Å²) in [6.45, 7) is 3.60. The predicted molar refractivity (Wildman–Crippen MR) is 72.8 cm³/mol. The Balaban J connectivity index is 2.19. The SMILES string of the molecule is CC1CN(S(=O)(=O)Cc2ccccc2C#N)CCN1. The minimum atomic E-state index is -3.36. The van der Waals surface area contributed by atoms with Gasteiger partial charge in [0.1, 0.15) is 0 Å². The minimum Gasteiger partial charge on any atom is -0.312 e. The molecule has 19 heavy (non-hydrogen) atoms. The van der Waals surface area contributed by atoms with E-state index in [-0.39, 0.29) is 11.8 Å². The minimum absolute atomic E-state index is 0.108. The lowest BCUT2D eigenvalue weighted by molar-refractivity contribution is 0.310. The van der Waals surface area contributed by atoms with Gasteiger partial charge in [-0.25, -0.2) is 8.42 Å². The van der Waals surface area contributed by atoms with Crippen molar-refractivity contribution in [1.82, 2.24) is 9.62 Å². The van der Waals surface area contributed by atoms with Crippen molar-refractivity contribution in [2.45, 2.75) is 18.7 Å². The van der Waals surface area contributed by atoms with Crippen molar-refractivity contribution in [2.75, 3.05) is 19.6 Å². The zero-order chi connectivity index (χ0) is 13.9. The number of nitrogens with one attached hydrogen (secondary N) is 1. The van der Waals surface area contributed by atoms with Crippen LogP contribution in [0.2, 0.25) is 0 Å². The molecule has 1 saturated heterocycles. The van der Waals surface area contributed by atoms with Crippen molar-refractivity contribution in [3.63, 3.8) is 0 Å². The van der Waals surface area contributed by atoms with Crippen LogP contribution in [0.3, 0.4) is 0 Å². The van der Waals surface area contributed by atoms with Gasteiger partial charge in [-0.2, -0.15) is 9.57 Å². The van der Waals surface area contributed by atoms with Crippen LogP contribution in [0, 0.1) is 11.3 Å². The fourth-order valence-corrected chi connectivity index (χ4v) is 3.84. The lowest BCUT2D eigenvalue weighted by Gasteiger charge is -2.31. The molecule has 1 aliphatic heterocycles. The molecule has 5 nitrogen and oxygen atoms in total. The third-order valence-electron chi connectivity index (χ3n) is 3.20. The highest BCUT2D eigenvalue weighted by Gasteiger charge is 2.27. The van der Waals surface area contributed by atoms with Crippen molar-refractivity contribution < 1.29 is 8.42 Å². The highest BCUT2D eigenvalue weighted by atomic mass is 32.2. The van der Waals surface area contributed by atoms with E-state index in [1.165, 1.54) is 4.31 Å². The van der Waals surface area contributed by atoms with E-state index in [9.17, 15) is 8.42 Å². The standard InChI is InChI=1S/C13H17N3O2S/c1-11-9-16(7-6-15-11)19(17,18)10-13-5-3-2-4-12(13)8-14/h2-5,11,15H,6-7,9-10H2,1H3. The number of nitrogens with zero attached hydrogens (tertiary/aromatic N) is 2. The molecule has 0 aromatic heterocycles. The predicted octanol–water partition coefficient (Wildman–Crippen LogP) is 0.682. The van der Waals surface area contributed by atoms with Gasteiger partial charge in [-0.3, -0.25) is 0 Å². The Morgan fingerprint density at radius 3 is 2.89 bits per heavy atom. The molecular weight excluding hydrogens is 262 g/mol. The van der Waals surface area contributed by atoms with Crippen molar-refractivity contribution >= 4 is 10.0 Å². The molecule has 0 spiro atoms. The highest BCUT2D eigenvalue weighted by molar-refractivity contribution is 7.88. The van der Waals surface area contributed by atoms with Gasteiger partial charge in [0, 0.05) is 25.7 Å². The number of rotatable bonds is 3. The third-order valence-corrected chi connectivity index (χ3v) is 4.99. The Bertz CT molecular complexity index is 592. The van der Waals surface area contributed by atoms with Crippen molar-refractivity contribution in [3.05, 3.63) is 35.4 Å². The molecule has 0 aliphatic carbocycles. The second kappa shape index (κ2) is 5.70. The molecule has 1 fully saturated rings. The zero-order valence-electron chi connectivity index (χ0n) is 10.8. The summed E-state index contributed by atoms with van der Waals surface area (Å²) < 4.78 is 26.2. The van der Waals surface area contributed by atoms with Crippen LogP contribution in [-0.4, -0.2) is 38.4 Å². The molecule has 1 heterocycles. The average molecular weight is 279 g/mol. The van der Waals surface area contributed by atoms with Crippen molar-refractivity contribution in [2.24, 2.45) is 0 Å². The van der Waals surface area contributed by atoms with Crippen LogP contribution in [0.25, 0.3) is 0 Å². The van der Waals surface area contributed by atoms with Gasteiger partial charge in [0.05, 0.1) is 17.4 Å². The maximum atomic E-state index is 12.4. The molecule has 1 aromatic rings. The van der Waals surface area contributed by atoms with Gasteiger partial charge < -0.3 is 5.32 Å². The van der Waals surface area contributed by atoms with Gasteiger partial charge in [0.2, 0.25) is 10.0 Å². The van der Waals surface area contributed by atoms with E-state index in [0.717, 1.165) is 0 Å². The van der Waals surface area contributed by atoms with E-state index in [1.54, 1.807) is 24.3 Å². The largest absolute Gasteiger partial charge is 0.312 e. The molecule has 0 amide bonds. The van der Waals surface area contributed by atoms with Gasteiger partial charge >= 0.3 is 0 Å². The molecule has 2 rings (SSSR count). The Morgan fingerprint density at radius 2 is 2.21 bits per heavy atom. The second-order valence-corrected chi connectivity index (χ2v) is 6.71. The molecule has 0 saturated carbocycles. The maximum Gasteiger partial charge on any atom is 0.218 e. The van der Waals surface area contributed by atoms with E-state index in [0.29, 0.717) is 30.8 Å². The van der Waals surface area contributed by atoms with E-state index in [2.05, 4.69) is 5.32 Å². The van der Waals surface area contributed by atoms with Crippen molar-refractivity contribution in [3.8, 4) is 6.07 Å². The number of piperazine rings is 1. The van der Waals surface area contributed by atoms with Gasteiger partial charge in [0.25, 0.3) is 0 Å². The van der Waals surface area contributed by atoms with E-state index in [1.807, 2.05) is 13.0 Å². The van der Waals surface area contributed by atoms with Crippen LogP contribution in [0.1, 0.15) is 18.1 Å². The van der Waals surface area contributed by atoms with E-state index >= 15 is 0 Å².